The van der Waals surface area contributed by atoms with E-state index in [2.05, 4.69) is 44.8 Å². The summed E-state index contributed by atoms with van der Waals surface area (Å²) in [5.74, 6) is 2.86. The van der Waals surface area contributed by atoms with E-state index in [-0.39, 0.29) is 0 Å². The van der Waals surface area contributed by atoms with E-state index in [4.69, 9.17) is 0 Å². The molecular weight excluding hydrogens is 264 g/mol. The third kappa shape index (κ3) is 2.04. The van der Waals surface area contributed by atoms with Crippen molar-refractivity contribution in [2.24, 2.45) is 13.0 Å². The highest BCUT2D eigenvalue weighted by molar-refractivity contribution is 5.36. The fraction of sp³-hybridized carbons (Fsp3) is 0.667. The second-order valence-corrected chi connectivity index (χ2v) is 6.55. The zero-order valence-corrected chi connectivity index (χ0v) is 13.0. The first-order chi connectivity index (χ1) is 10.1. The summed E-state index contributed by atoms with van der Waals surface area (Å²) in [6, 6.07) is 2.77. The number of anilines is 1. The van der Waals surface area contributed by atoms with Gasteiger partial charge in [0.25, 0.3) is 0 Å². The summed E-state index contributed by atoms with van der Waals surface area (Å²) in [5, 5.41) is 13.4. The van der Waals surface area contributed by atoms with Crippen molar-refractivity contribution in [3.63, 3.8) is 0 Å². The van der Waals surface area contributed by atoms with Gasteiger partial charge in [0.1, 0.15) is 6.54 Å². The second-order valence-electron chi connectivity index (χ2n) is 6.55. The summed E-state index contributed by atoms with van der Waals surface area (Å²) in [6.07, 6.45) is 4.03. The lowest BCUT2D eigenvalue weighted by molar-refractivity contribution is 0.539. The molecule has 6 nitrogen and oxygen atoms in total. The average molecular weight is 286 g/mol. The van der Waals surface area contributed by atoms with E-state index < -0.39 is 0 Å². The Morgan fingerprint density at radius 2 is 2.10 bits per heavy atom. The molecule has 1 saturated heterocycles. The molecule has 0 radical (unpaired) electrons. The molecule has 2 aromatic rings. The molecule has 0 aromatic carbocycles. The molecule has 21 heavy (non-hydrogen) atoms. The molecule has 0 N–H and O–H groups in total. The summed E-state index contributed by atoms with van der Waals surface area (Å²) in [4.78, 5) is 2.45. The highest BCUT2D eigenvalue weighted by Crippen LogP contribution is 2.39. The van der Waals surface area contributed by atoms with E-state index in [0.717, 1.165) is 35.6 Å². The Labute approximate surface area is 124 Å². The molecule has 2 aliphatic rings. The van der Waals surface area contributed by atoms with Gasteiger partial charge in [0.15, 0.2) is 5.82 Å². The average Bonchev–Trinajstić information content (AvgIpc) is 3.18. The quantitative estimate of drug-likeness (QED) is 0.861. The predicted molar refractivity (Wildman–Crippen MR) is 80.3 cm³/mol. The van der Waals surface area contributed by atoms with Crippen LogP contribution in [0.2, 0.25) is 0 Å². The van der Waals surface area contributed by atoms with Gasteiger partial charge >= 0.3 is 0 Å². The summed E-state index contributed by atoms with van der Waals surface area (Å²) in [6.45, 7) is 5.94. The van der Waals surface area contributed by atoms with Crippen molar-refractivity contribution in [1.82, 2.24) is 24.5 Å². The predicted octanol–water partition coefficient (Wildman–Crippen LogP) is 1.67. The van der Waals surface area contributed by atoms with Crippen molar-refractivity contribution in [3.8, 4) is 0 Å². The maximum absolute atomic E-state index is 4.51. The summed E-state index contributed by atoms with van der Waals surface area (Å²) >= 11 is 0. The van der Waals surface area contributed by atoms with Gasteiger partial charge in [0.2, 0.25) is 5.95 Å². The lowest BCUT2D eigenvalue weighted by Crippen LogP contribution is -2.34. The molecule has 112 valence electrons. The van der Waals surface area contributed by atoms with Gasteiger partial charge in [-0.15, -0.1) is 10.2 Å². The standard InChI is InChI=1S/C15H22N6/c1-10-6-11(2)21(18-10)9-14-16-17-15(19(14)3)20-8-12-4-5-13(20)7-12/h6,12-13H,4-5,7-9H2,1-3H3. The maximum Gasteiger partial charge on any atom is 0.227 e. The van der Waals surface area contributed by atoms with Crippen LogP contribution in [0.5, 0.6) is 0 Å². The minimum absolute atomic E-state index is 0.680. The van der Waals surface area contributed by atoms with Crippen molar-refractivity contribution < 1.29 is 0 Å². The Morgan fingerprint density at radius 1 is 1.24 bits per heavy atom. The molecule has 0 spiro atoms. The summed E-state index contributed by atoms with van der Waals surface area (Å²) in [7, 11) is 2.07. The number of aryl methyl sites for hydroxylation is 2. The first kappa shape index (κ1) is 12.9. The Kier molecular flexibility index (Phi) is 2.80. The number of piperidine rings is 1. The zero-order chi connectivity index (χ0) is 14.6. The molecular formula is C15H22N6. The van der Waals surface area contributed by atoms with Crippen LogP contribution in [0.15, 0.2) is 6.07 Å². The smallest absolute Gasteiger partial charge is 0.227 e. The summed E-state index contributed by atoms with van der Waals surface area (Å²) < 4.78 is 4.14. The number of rotatable bonds is 3. The number of hydrogen-bond donors (Lipinski definition) is 0. The van der Waals surface area contributed by atoms with Gasteiger partial charge in [-0.2, -0.15) is 5.10 Å². The third-order valence-electron chi connectivity index (χ3n) is 5.00. The van der Waals surface area contributed by atoms with Gasteiger partial charge in [0.05, 0.1) is 5.69 Å². The molecule has 4 rings (SSSR count). The highest BCUT2D eigenvalue weighted by Gasteiger charge is 2.39. The van der Waals surface area contributed by atoms with Gasteiger partial charge in [-0.05, 0) is 45.1 Å². The van der Waals surface area contributed by atoms with Crippen molar-refractivity contribution in [2.75, 3.05) is 11.4 Å². The van der Waals surface area contributed by atoms with Gasteiger partial charge in [-0.25, -0.2) is 0 Å². The lowest BCUT2D eigenvalue weighted by atomic mass is 10.1. The van der Waals surface area contributed by atoms with Crippen LogP contribution < -0.4 is 4.90 Å². The Balaban J connectivity index is 1.59. The number of fused-ring (bicyclic) bond motifs is 2. The topological polar surface area (TPSA) is 51.8 Å². The molecule has 2 atom stereocenters. The minimum Gasteiger partial charge on any atom is -0.338 e. The second kappa shape index (κ2) is 4.58. The third-order valence-corrected chi connectivity index (χ3v) is 5.00. The Bertz CT molecular complexity index is 670. The SMILES string of the molecule is Cc1cc(C)n(Cc2nnc(N3CC4CCC3C4)n2C)n1. The number of hydrogen-bond acceptors (Lipinski definition) is 4. The molecule has 2 unspecified atom stereocenters. The number of nitrogens with zero attached hydrogens (tertiary/aromatic N) is 6. The van der Waals surface area contributed by atoms with Crippen LogP contribution in [0.25, 0.3) is 0 Å². The van der Waals surface area contributed by atoms with E-state index >= 15 is 0 Å². The van der Waals surface area contributed by atoms with Gasteiger partial charge < -0.3 is 4.90 Å². The van der Waals surface area contributed by atoms with E-state index in [9.17, 15) is 0 Å². The van der Waals surface area contributed by atoms with Gasteiger partial charge in [-0.1, -0.05) is 0 Å². The summed E-state index contributed by atoms with van der Waals surface area (Å²) in [5.41, 5.74) is 2.21. The minimum atomic E-state index is 0.680. The Morgan fingerprint density at radius 3 is 2.71 bits per heavy atom. The van der Waals surface area contributed by atoms with Gasteiger partial charge in [0, 0.05) is 25.3 Å². The number of aromatic nitrogens is 5. The van der Waals surface area contributed by atoms with E-state index in [1.807, 2.05) is 11.6 Å². The fourth-order valence-corrected chi connectivity index (χ4v) is 3.88. The largest absolute Gasteiger partial charge is 0.338 e. The molecule has 1 aliphatic carbocycles. The molecule has 2 aromatic heterocycles. The van der Waals surface area contributed by atoms with Crippen molar-refractivity contribution >= 4 is 5.95 Å². The van der Waals surface area contributed by atoms with E-state index in [0.29, 0.717) is 12.6 Å². The fourth-order valence-electron chi connectivity index (χ4n) is 3.88. The van der Waals surface area contributed by atoms with Crippen LogP contribution >= 0.6 is 0 Å². The maximum atomic E-state index is 4.51. The lowest BCUT2D eigenvalue weighted by Gasteiger charge is -2.27. The first-order valence-corrected chi connectivity index (χ1v) is 7.78. The van der Waals surface area contributed by atoms with Crippen LogP contribution in [-0.4, -0.2) is 37.1 Å². The Hall–Kier alpha value is -1.85. The van der Waals surface area contributed by atoms with Crippen LogP contribution in [0, 0.1) is 19.8 Å². The molecule has 2 fully saturated rings. The van der Waals surface area contributed by atoms with Crippen LogP contribution in [-0.2, 0) is 13.6 Å². The zero-order valence-electron chi connectivity index (χ0n) is 13.0. The molecule has 0 amide bonds. The van der Waals surface area contributed by atoms with Gasteiger partial charge in [-0.3, -0.25) is 9.25 Å². The highest BCUT2D eigenvalue weighted by atomic mass is 15.4. The molecule has 6 heteroatoms. The van der Waals surface area contributed by atoms with Crippen LogP contribution in [0.4, 0.5) is 5.95 Å². The molecule has 3 heterocycles. The first-order valence-electron chi connectivity index (χ1n) is 7.78. The molecule has 1 saturated carbocycles. The van der Waals surface area contributed by atoms with Crippen molar-refractivity contribution in [3.05, 3.63) is 23.3 Å². The monoisotopic (exact) mass is 286 g/mol. The van der Waals surface area contributed by atoms with E-state index in [1.54, 1.807) is 0 Å². The van der Waals surface area contributed by atoms with Crippen LogP contribution in [0.1, 0.15) is 36.5 Å². The normalized spacial score (nSPS) is 24.2. The molecule has 1 aliphatic heterocycles. The molecule has 2 bridgehead atoms. The van der Waals surface area contributed by atoms with Crippen molar-refractivity contribution in [1.29, 1.82) is 0 Å². The van der Waals surface area contributed by atoms with Crippen LogP contribution in [0.3, 0.4) is 0 Å². The van der Waals surface area contributed by atoms with E-state index in [1.165, 1.54) is 19.3 Å². The van der Waals surface area contributed by atoms with Crippen molar-refractivity contribution in [2.45, 2.75) is 45.7 Å².